The van der Waals surface area contributed by atoms with Crippen molar-refractivity contribution in [3.63, 3.8) is 0 Å². The van der Waals surface area contributed by atoms with Gasteiger partial charge in [-0.05, 0) is 83.5 Å². The summed E-state index contributed by atoms with van der Waals surface area (Å²) in [7, 11) is 0. The molecule has 80 heavy (non-hydrogen) atoms. The summed E-state index contributed by atoms with van der Waals surface area (Å²) in [5, 5.41) is 0. The molecule has 0 bridgehead atoms. The molecule has 0 radical (unpaired) electrons. The van der Waals surface area contributed by atoms with Gasteiger partial charge in [-0.25, -0.2) is 0 Å². The number of rotatable bonds is 66. The van der Waals surface area contributed by atoms with Crippen molar-refractivity contribution in [1.29, 1.82) is 0 Å². The summed E-state index contributed by atoms with van der Waals surface area (Å²) < 4.78 is 17.0. The van der Waals surface area contributed by atoms with Gasteiger partial charge in [0, 0.05) is 19.3 Å². The Hall–Kier alpha value is -2.63. The van der Waals surface area contributed by atoms with Crippen molar-refractivity contribution in [2.75, 3.05) is 13.2 Å². The molecule has 0 heterocycles. The Balaban J connectivity index is 4.27. The summed E-state index contributed by atoms with van der Waals surface area (Å²) >= 11 is 0. The molecule has 0 aliphatic heterocycles. The molecule has 0 rings (SSSR count). The molecule has 0 aliphatic rings. The first-order chi connectivity index (χ1) is 39.5. The van der Waals surface area contributed by atoms with Crippen molar-refractivity contribution in [3.05, 3.63) is 48.6 Å². The van der Waals surface area contributed by atoms with Crippen molar-refractivity contribution < 1.29 is 28.6 Å². The van der Waals surface area contributed by atoms with E-state index in [4.69, 9.17) is 14.2 Å². The number of ether oxygens (including phenoxy) is 3. The number of hydrogen-bond acceptors (Lipinski definition) is 6. The second-order valence-electron chi connectivity index (χ2n) is 24.1. The first-order valence-corrected chi connectivity index (χ1v) is 35.6. The minimum Gasteiger partial charge on any atom is -0.462 e. The first-order valence-electron chi connectivity index (χ1n) is 35.6. The summed E-state index contributed by atoms with van der Waals surface area (Å²) in [6.07, 6.45) is 87.0. The predicted octanol–water partition coefficient (Wildman–Crippen LogP) is 24.5. The van der Waals surface area contributed by atoms with Crippen LogP contribution in [0.5, 0.6) is 0 Å². The molecule has 6 nitrogen and oxygen atoms in total. The van der Waals surface area contributed by atoms with Gasteiger partial charge in [0.15, 0.2) is 6.10 Å². The molecule has 0 saturated carbocycles. The maximum absolute atomic E-state index is 12.9. The van der Waals surface area contributed by atoms with Gasteiger partial charge < -0.3 is 14.2 Å². The zero-order chi connectivity index (χ0) is 57.8. The minimum absolute atomic E-state index is 0.0713. The molecule has 1 unspecified atom stereocenters. The number of carbonyl (C=O) groups excluding carboxylic acids is 3. The highest BCUT2D eigenvalue weighted by Gasteiger charge is 2.19. The molecule has 0 fully saturated rings. The average molecular weight is 1120 g/mol. The molecular formula is C74H136O6. The third-order valence-electron chi connectivity index (χ3n) is 16.1. The van der Waals surface area contributed by atoms with E-state index < -0.39 is 6.10 Å². The van der Waals surface area contributed by atoms with Gasteiger partial charge in [0.2, 0.25) is 0 Å². The Labute approximate surface area is 498 Å². The lowest BCUT2D eigenvalue weighted by atomic mass is 10.0. The van der Waals surface area contributed by atoms with Crippen LogP contribution in [0.15, 0.2) is 48.6 Å². The van der Waals surface area contributed by atoms with E-state index in [-0.39, 0.29) is 31.1 Å². The van der Waals surface area contributed by atoms with Gasteiger partial charge in [0.25, 0.3) is 0 Å². The van der Waals surface area contributed by atoms with Crippen LogP contribution in [0.2, 0.25) is 0 Å². The Morgan fingerprint density at radius 1 is 0.250 bits per heavy atom. The van der Waals surface area contributed by atoms with Crippen LogP contribution >= 0.6 is 0 Å². The van der Waals surface area contributed by atoms with Gasteiger partial charge in [0.05, 0.1) is 0 Å². The summed E-state index contributed by atoms with van der Waals surface area (Å²) in [6, 6.07) is 0. The zero-order valence-corrected chi connectivity index (χ0v) is 53.9. The lowest BCUT2D eigenvalue weighted by molar-refractivity contribution is -0.167. The monoisotopic (exact) mass is 1120 g/mol. The summed E-state index contributed by atoms with van der Waals surface area (Å²) in [5.74, 6) is -0.851. The molecule has 0 saturated heterocycles. The van der Waals surface area contributed by atoms with Gasteiger partial charge in [-0.15, -0.1) is 0 Å². The normalized spacial score (nSPS) is 12.3. The topological polar surface area (TPSA) is 78.9 Å². The Morgan fingerprint density at radius 3 is 0.700 bits per heavy atom. The van der Waals surface area contributed by atoms with Gasteiger partial charge in [-0.2, -0.15) is 0 Å². The van der Waals surface area contributed by atoms with Crippen LogP contribution in [0.25, 0.3) is 0 Å². The summed E-state index contributed by atoms with van der Waals surface area (Å²) in [4.78, 5) is 38.5. The van der Waals surface area contributed by atoms with E-state index in [9.17, 15) is 14.4 Å². The molecule has 468 valence electrons. The lowest BCUT2D eigenvalue weighted by Crippen LogP contribution is -2.30. The fourth-order valence-electron chi connectivity index (χ4n) is 10.7. The van der Waals surface area contributed by atoms with E-state index in [1.54, 1.807) is 0 Å². The van der Waals surface area contributed by atoms with Crippen LogP contribution in [-0.4, -0.2) is 37.2 Å². The second kappa shape index (κ2) is 68.9. The first kappa shape index (κ1) is 77.4. The number of esters is 3. The number of unbranched alkanes of at least 4 members (excludes halogenated alkanes) is 47. The average Bonchev–Trinajstić information content (AvgIpc) is 3.46. The van der Waals surface area contributed by atoms with Crippen LogP contribution < -0.4 is 0 Å². The van der Waals surface area contributed by atoms with Crippen LogP contribution in [0, 0.1) is 0 Å². The third-order valence-corrected chi connectivity index (χ3v) is 16.1. The molecule has 0 aliphatic carbocycles. The van der Waals surface area contributed by atoms with Gasteiger partial charge >= 0.3 is 17.9 Å². The largest absolute Gasteiger partial charge is 0.462 e. The quantitative estimate of drug-likeness (QED) is 0.0261. The number of allylic oxidation sites excluding steroid dienone is 8. The van der Waals surface area contributed by atoms with Crippen LogP contribution in [0.3, 0.4) is 0 Å². The molecule has 0 aromatic carbocycles. The van der Waals surface area contributed by atoms with Crippen molar-refractivity contribution in [2.24, 2.45) is 0 Å². The number of hydrogen-bond donors (Lipinski definition) is 0. The number of carbonyl (C=O) groups is 3. The van der Waals surface area contributed by atoms with E-state index in [0.717, 1.165) is 77.0 Å². The Kier molecular flexibility index (Phi) is 66.6. The van der Waals surface area contributed by atoms with Crippen LogP contribution in [-0.2, 0) is 28.6 Å². The molecule has 0 N–H and O–H groups in total. The molecule has 0 aromatic heterocycles. The molecule has 0 aromatic rings. The van der Waals surface area contributed by atoms with Gasteiger partial charge in [-0.3, -0.25) is 14.4 Å². The second-order valence-corrected chi connectivity index (χ2v) is 24.1. The van der Waals surface area contributed by atoms with Crippen molar-refractivity contribution in [1.82, 2.24) is 0 Å². The molecular weight excluding hydrogens is 985 g/mol. The highest BCUT2D eigenvalue weighted by Crippen LogP contribution is 2.18. The van der Waals surface area contributed by atoms with Gasteiger partial charge in [0.1, 0.15) is 13.2 Å². The lowest BCUT2D eigenvalue weighted by Gasteiger charge is -2.18. The predicted molar refractivity (Wildman–Crippen MR) is 349 cm³/mol. The van der Waals surface area contributed by atoms with Crippen LogP contribution in [0.4, 0.5) is 0 Å². The van der Waals surface area contributed by atoms with Crippen molar-refractivity contribution >= 4 is 17.9 Å². The van der Waals surface area contributed by atoms with E-state index in [0.29, 0.717) is 19.3 Å². The molecule has 6 heteroatoms. The van der Waals surface area contributed by atoms with E-state index >= 15 is 0 Å². The fraction of sp³-hybridized carbons (Fsp3) is 0.851. The van der Waals surface area contributed by atoms with Crippen molar-refractivity contribution in [2.45, 2.75) is 393 Å². The third kappa shape index (κ3) is 66.2. The highest BCUT2D eigenvalue weighted by atomic mass is 16.6. The van der Waals surface area contributed by atoms with E-state index in [1.165, 1.54) is 270 Å². The maximum Gasteiger partial charge on any atom is 0.306 e. The Morgan fingerprint density at radius 2 is 0.450 bits per heavy atom. The zero-order valence-electron chi connectivity index (χ0n) is 53.9. The summed E-state index contributed by atoms with van der Waals surface area (Å²) in [5.41, 5.74) is 0. The highest BCUT2D eigenvalue weighted by molar-refractivity contribution is 5.71. The smallest absolute Gasteiger partial charge is 0.306 e. The minimum atomic E-state index is -0.776. The fourth-order valence-corrected chi connectivity index (χ4v) is 10.7. The molecule has 0 amide bonds. The molecule has 0 spiro atoms. The Bertz CT molecular complexity index is 1380. The van der Waals surface area contributed by atoms with Crippen LogP contribution in [0.1, 0.15) is 387 Å². The SMILES string of the molecule is CCCCCC/C=C\C/C=C\CCCCCCCCCC(=O)OC(COC(=O)CCCCCCCCCCCCCCCCC/C=C\C/C=C\CCCCCCC)COC(=O)CCCCCCCCCCCCCCCCCCC. The van der Waals surface area contributed by atoms with E-state index in [1.807, 2.05) is 0 Å². The standard InChI is InChI=1S/C74H136O6/c1-4-7-10-13-16-19-22-25-28-31-33-34-35-36-37-38-39-40-41-44-46-49-52-55-58-61-64-67-73(76)79-70-71(69-78-72(75)66-63-60-57-54-51-48-45-42-30-27-24-21-18-15-12-9-6-3)80-74(77)68-65-62-59-56-53-50-47-43-32-29-26-23-20-17-14-11-8-5-2/h20,22-23,25,29,31-33,71H,4-19,21,24,26-28,30,34-70H2,1-3H3/b23-20-,25-22-,32-29-,33-31-. The summed E-state index contributed by atoms with van der Waals surface area (Å²) in [6.45, 7) is 6.68. The van der Waals surface area contributed by atoms with E-state index in [2.05, 4.69) is 69.4 Å². The maximum atomic E-state index is 12.9. The van der Waals surface area contributed by atoms with Gasteiger partial charge in [-0.1, -0.05) is 333 Å². The van der Waals surface area contributed by atoms with Crippen molar-refractivity contribution in [3.8, 4) is 0 Å². The molecule has 1 atom stereocenters.